The number of rotatable bonds is 4. The summed E-state index contributed by atoms with van der Waals surface area (Å²) < 4.78 is 0. The maximum Gasteiger partial charge on any atom is 0.242 e. The van der Waals surface area contributed by atoms with Crippen molar-refractivity contribution in [1.29, 1.82) is 0 Å². The molecule has 21 heavy (non-hydrogen) atoms. The zero-order chi connectivity index (χ0) is 15.6. The van der Waals surface area contributed by atoms with E-state index in [4.69, 9.17) is 18.0 Å². The van der Waals surface area contributed by atoms with Crippen LogP contribution in [0.4, 0.5) is 0 Å². The van der Waals surface area contributed by atoms with Crippen molar-refractivity contribution in [3.05, 3.63) is 35.9 Å². The van der Waals surface area contributed by atoms with E-state index in [-0.39, 0.29) is 11.8 Å². The number of carbonyl (C=O) groups is 1. The van der Waals surface area contributed by atoms with E-state index in [0.29, 0.717) is 11.5 Å². The Labute approximate surface area is 131 Å². The number of likely N-dealkylation sites (N-methyl/N-ethyl adjacent to an activating group) is 1. The van der Waals surface area contributed by atoms with E-state index in [1.54, 1.807) is 4.90 Å². The van der Waals surface area contributed by atoms with Crippen LogP contribution in [-0.2, 0) is 4.79 Å². The SMILES string of the molecule is CN1CCN(CC(C(N)=S)c2ccccc2)C(C)(C)C1=O. The lowest BCUT2D eigenvalue weighted by Gasteiger charge is -2.46. The van der Waals surface area contributed by atoms with Gasteiger partial charge in [-0.3, -0.25) is 9.69 Å². The van der Waals surface area contributed by atoms with Crippen molar-refractivity contribution >= 4 is 23.1 Å². The Bertz CT molecular complexity index is 530. The van der Waals surface area contributed by atoms with Crippen molar-refractivity contribution < 1.29 is 4.79 Å². The Kier molecular flexibility index (Phi) is 4.64. The van der Waals surface area contributed by atoms with Gasteiger partial charge in [-0.1, -0.05) is 42.5 Å². The van der Waals surface area contributed by atoms with Crippen molar-refractivity contribution in [2.75, 3.05) is 26.7 Å². The number of carbonyl (C=O) groups excluding carboxylic acids is 1. The summed E-state index contributed by atoms with van der Waals surface area (Å²) in [5, 5.41) is 0. The Hall–Kier alpha value is -1.46. The van der Waals surface area contributed by atoms with Gasteiger partial charge in [0.1, 0.15) is 0 Å². The quantitative estimate of drug-likeness (QED) is 0.859. The minimum absolute atomic E-state index is 0.0309. The second-order valence-corrected chi connectivity index (χ2v) is 6.57. The summed E-state index contributed by atoms with van der Waals surface area (Å²) in [5.41, 5.74) is 6.53. The number of nitrogens with two attached hydrogens (primary N) is 1. The topological polar surface area (TPSA) is 49.6 Å². The first kappa shape index (κ1) is 15.9. The second kappa shape index (κ2) is 6.12. The van der Waals surface area contributed by atoms with Crippen LogP contribution in [-0.4, -0.2) is 52.9 Å². The summed E-state index contributed by atoms with van der Waals surface area (Å²) in [6, 6.07) is 10.0. The van der Waals surface area contributed by atoms with Crippen LogP contribution < -0.4 is 5.73 Å². The van der Waals surface area contributed by atoms with E-state index in [2.05, 4.69) is 4.90 Å². The molecular formula is C16H23N3OS. The molecule has 1 aromatic rings. The molecule has 1 aliphatic heterocycles. The molecule has 5 heteroatoms. The number of thiocarbonyl (C=S) groups is 1. The molecular weight excluding hydrogens is 282 g/mol. The molecule has 1 heterocycles. The molecule has 1 amide bonds. The van der Waals surface area contributed by atoms with Crippen LogP contribution >= 0.6 is 12.2 Å². The highest BCUT2D eigenvalue weighted by Gasteiger charge is 2.41. The summed E-state index contributed by atoms with van der Waals surface area (Å²) in [5.74, 6) is 0.111. The van der Waals surface area contributed by atoms with Gasteiger partial charge in [-0.15, -0.1) is 0 Å². The molecule has 1 saturated heterocycles. The molecule has 1 aromatic carbocycles. The van der Waals surface area contributed by atoms with E-state index >= 15 is 0 Å². The Morgan fingerprint density at radius 2 is 1.95 bits per heavy atom. The molecule has 1 unspecified atom stereocenters. The highest BCUT2D eigenvalue weighted by molar-refractivity contribution is 7.80. The predicted octanol–water partition coefficient (Wildman–Crippen LogP) is 1.61. The third-order valence-corrected chi connectivity index (χ3v) is 4.60. The molecule has 1 atom stereocenters. The third-order valence-electron chi connectivity index (χ3n) is 4.31. The maximum absolute atomic E-state index is 12.4. The van der Waals surface area contributed by atoms with Crippen LogP contribution in [0.15, 0.2) is 30.3 Å². The summed E-state index contributed by atoms with van der Waals surface area (Å²) in [6.45, 7) is 6.17. The smallest absolute Gasteiger partial charge is 0.242 e. The van der Waals surface area contributed by atoms with Crippen molar-refractivity contribution in [3.63, 3.8) is 0 Å². The first-order valence-corrected chi connectivity index (χ1v) is 7.59. The van der Waals surface area contributed by atoms with Crippen molar-refractivity contribution in [3.8, 4) is 0 Å². The lowest BCUT2D eigenvalue weighted by molar-refractivity contribution is -0.147. The molecule has 0 aliphatic carbocycles. The predicted molar refractivity (Wildman–Crippen MR) is 89.3 cm³/mol. The lowest BCUT2D eigenvalue weighted by atomic mass is 9.92. The minimum Gasteiger partial charge on any atom is -0.393 e. The summed E-state index contributed by atoms with van der Waals surface area (Å²) in [4.78, 5) is 16.8. The highest BCUT2D eigenvalue weighted by Crippen LogP contribution is 2.26. The average Bonchev–Trinajstić information content (AvgIpc) is 2.45. The molecule has 2 rings (SSSR count). The molecule has 0 radical (unpaired) electrons. The molecule has 114 valence electrons. The van der Waals surface area contributed by atoms with Gasteiger partial charge < -0.3 is 10.6 Å². The van der Waals surface area contributed by atoms with Gasteiger partial charge in [0, 0.05) is 32.6 Å². The van der Waals surface area contributed by atoms with Gasteiger partial charge in [0.05, 0.1) is 10.5 Å². The fraction of sp³-hybridized carbons (Fsp3) is 0.500. The van der Waals surface area contributed by atoms with Crippen LogP contribution in [0.3, 0.4) is 0 Å². The number of piperazine rings is 1. The van der Waals surface area contributed by atoms with Gasteiger partial charge >= 0.3 is 0 Å². The molecule has 1 fully saturated rings. The first-order chi connectivity index (χ1) is 9.84. The molecule has 0 bridgehead atoms. The largest absolute Gasteiger partial charge is 0.393 e. The van der Waals surface area contributed by atoms with Crippen molar-refractivity contribution in [2.45, 2.75) is 25.3 Å². The molecule has 0 spiro atoms. The first-order valence-electron chi connectivity index (χ1n) is 7.19. The fourth-order valence-corrected chi connectivity index (χ4v) is 3.05. The Balaban J connectivity index is 2.22. The zero-order valence-electron chi connectivity index (χ0n) is 12.9. The average molecular weight is 305 g/mol. The van der Waals surface area contributed by atoms with Crippen LogP contribution in [0.1, 0.15) is 25.3 Å². The number of hydrogen-bond acceptors (Lipinski definition) is 3. The number of benzene rings is 1. The van der Waals surface area contributed by atoms with Gasteiger partial charge in [0.25, 0.3) is 0 Å². The van der Waals surface area contributed by atoms with Crippen LogP contribution in [0.2, 0.25) is 0 Å². The summed E-state index contributed by atoms with van der Waals surface area (Å²) in [7, 11) is 1.85. The van der Waals surface area contributed by atoms with Crippen molar-refractivity contribution in [1.82, 2.24) is 9.80 Å². The van der Waals surface area contributed by atoms with Gasteiger partial charge in [-0.25, -0.2) is 0 Å². The Morgan fingerprint density at radius 3 is 2.52 bits per heavy atom. The molecule has 1 aliphatic rings. The van der Waals surface area contributed by atoms with E-state index in [0.717, 1.165) is 18.7 Å². The van der Waals surface area contributed by atoms with Crippen LogP contribution in [0.25, 0.3) is 0 Å². The monoisotopic (exact) mass is 305 g/mol. The molecule has 2 N–H and O–H groups in total. The van der Waals surface area contributed by atoms with E-state index in [1.165, 1.54) is 0 Å². The normalized spacial score (nSPS) is 20.3. The standard InChI is InChI=1S/C16H23N3OS/c1-16(2)15(20)18(3)9-10-19(16)11-13(14(17)21)12-7-5-4-6-8-12/h4-8,13H,9-11H2,1-3H3,(H2,17,21). The van der Waals surface area contributed by atoms with Crippen LogP contribution in [0, 0.1) is 0 Å². The fourth-order valence-electron chi connectivity index (χ4n) is 2.84. The zero-order valence-corrected chi connectivity index (χ0v) is 13.7. The van der Waals surface area contributed by atoms with E-state index in [9.17, 15) is 4.79 Å². The van der Waals surface area contributed by atoms with E-state index in [1.807, 2.05) is 51.2 Å². The summed E-state index contributed by atoms with van der Waals surface area (Å²) >= 11 is 5.25. The highest BCUT2D eigenvalue weighted by atomic mass is 32.1. The third kappa shape index (κ3) is 3.24. The number of nitrogens with zero attached hydrogens (tertiary/aromatic N) is 2. The minimum atomic E-state index is -0.523. The lowest BCUT2D eigenvalue weighted by Crippen LogP contribution is -2.62. The number of amides is 1. The summed E-state index contributed by atoms with van der Waals surface area (Å²) in [6.07, 6.45) is 0. The van der Waals surface area contributed by atoms with Gasteiger partial charge in [0.15, 0.2) is 0 Å². The Morgan fingerprint density at radius 1 is 1.33 bits per heavy atom. The van der Waals surface area contributed by atoms with Crippen LogP contribution in [0.5, 0.6) is 0 Å². The molecule has 0 aromatic heterocycles. The molecule has 0 saturated carbocycles. The molecule has 4 nitrogen and oxygen atoms in total. The maximum atomic E-state index is 12.4. The van der Waals surface area contributed by atoms with E-state index < -0.39 is 5.54 Å². The van der Waals surface area contributed by atoms with Gasteiger partial charge in [0.2, 0.25) is 5.91 Å². The van der Waals surface area contributed by atoms with Gasteiger partial charge in [-0.05, 0) is 19.4 Å². The second-order valence-electron chi connectivity index (χ2n) is 6.10. The van der Waals surface area contributed by atoms with Crippen molar-refractivity contribution in [2.24, 2.45) is 5.73 Å². The van der Waals surface area contributed by atoms with Gasteiger partial charge in [-0.2, -0.15) is 0 Å². The number of hydrogen-bond donors (Lipinski definition) is 1.